The maximum atomic E-state index is 4.51. The van der Waals surface area contributed by atoms with E-state index >= 15 is 0 Å². The van der Waals surface area contributed by atoms with Crippen LogP contribution in [0.15, 0.2) is 42.5 Å². The zero-order chi connectivity index (χ0) is 14.5. The van der Waals surface area contributed by atoms with Crippen molar-refractivity contribution in [3.8, 4) is 0 Å². The van der Waals surface area contributed by atoms with E-state index in [2.05, 4.69) is 72.6 Å². The molecule has 0 aliphatic heterocycles. The lowest BCUT2D eigenvalue weighted by atomic mass is 10.1. The molecule has 1 aromatic carbocycles. The summed E-state index contributed by atoms with van der Waals surface area (Å²) in [4.78, 5) is 6.62. The SMILES string of the molecule is Cc1cccc(CNC(C)c2ccc(N(C)C)cc2)n1. The molecule has 0 radical (unpaired) electrons. The molecule has 1 N–H and O–H groups in total. The zero-order valence-corrected chi connectivity index (χ0v) is 12.7. The molecule has 0 aliphatic carbocycles. The highest BCUT2D eigenvalue weighted by Crippen LogP contribution is 2.17. The second kappa shape index (κ2) is 6.53. The molecule has 2 rings (SSSR count). The molecule has 1 unspecified atom stereocenters. The lowest BCUT2D eigenvalue weighted by Gasteiger charge is -2.17. The van der Waals surface area contributed by atoms with Gasteiger partial charge in [-0.05, 0) is 43.7 Å². The smallest absolute Gasteiger partial charge is 0.0545 e. The van der Waals surface area contributed by atoms with E-state index in [1.807, 2.05) is 13.0 Å². The Hall–Kier alpha value is -1.87. The van der Waals surface area contributed by atoms with Gasteiger partial charge in [0.05, 0.1) is 5.69 Å². The first-order valence-electron chi connectivity index (χ1n) is 6.99. The van der Waals surface area contributed by atoms with Crippen molar-refractivity contribution in [1.82, 2.24) is 10.3 Å². The van der Waals surface area contributed by atoms with Gasteiger partial charge in [-0.1, -0.05) is 18.2 Å². The maximum Gasteiger partial charge on any atom is 0.0545 e. The van der Waals surface area contributed by atoms with Gasteiger partial charge in [0, 0.05) is 38.1 Å². The normalized spacial score (nSPS) is 12.2. The first-order valence-corrected chi connectivity index (χ1v) is 6.99. The Bertz CT molecular complexity index is 546. The van der Waals surface area contributed by atoms with Crippen LogP contribution < -0.4 is 10.2 Å². The summed E-state index contributed by atoms with van der Waals surface area (Å²) in [6.07, 6.45) is 0. The Labute approximate surface area is 121 Å². The van der Waals surface area contributed by atoms with Crippen molar-refractivity contribution in [2.24, 2.45) is 0 Å². The second-order valence-corrected chi connectivity index (χ2v) is 5.36. The van der Waals surface area contributed by atoms with E-state index in [0.29, 0.717) is 6.04 Å². The van der Waals surface area contributed by atoms with Crippen molar-refractivity contribution in [2.75, 3.05) is 19.0 Å². The molecule has 0 saturated heterocycles. The molecule has 0 spiro atoms. The quantitative estimate of drug-likeness (QED) is 0.902. The van der Waals surface area contributed by atoms with Crippen molar-refractivity contribution >= 4 is 5.69 Å². The summed E-state index contributed by atoms with van der Waals surface area (Å²) in [7, 11) is 4.11. The minimum atomic E-state index is 0.313. The summed E-state index contributed by atoms with van der Waals surface area (Å²) < 4.78 is 0. The molecule has 0 amide bonds. The zero-order valence-electron chi connectivity index (χ0n) is 12.7. The van der Waals surface area contributed by atoms with Gasteiger partial charge >= 0.3 is 0 Å². The Balaban J connectivity index is 1.96. The number of nitrogens with one attached hydrogen (secondary N) is 1. The topological polar surface area (TPSA) is 28.2 Å². The molecule has 3 nitrogen and oxygen atoms in total. The van der Waals surface area contributed by atoms with E-state index in [1.54, 1.807) is 0 Å². The van der Waals surface area contributed by atoms with Gasteiger partial charge < -0.3 is 10.2 Å². The lowest BCUT2D eigenvalue weighted by molar-refractivity contribution is 0.567. The summed E-state index contributed by atoms with van der Waals surface area (Å²) in [6.45, 7) is 4.99. The molecular formula is C17H23N3. The number of anilines is 1. The van der Waals surface area contributed by atoms with E-state index in [-0.39, 0.29) is 0 Å². The van der Waals surface area contributed by atoms with Gasteiger partial charge in [-0.3, -0.25) is 4.98 Å². The van der Waals surface area contributed by atoms with Crippen molar-refractivity contribution in [3.63, 3.8) is 0 Å². The average molecular weight is 269 g/mol. The molecule has 0 saturated carbocycles. The van der Waals surface area contributed by atoms with Crippen LogP contribution in [-0.2, 0) is 6.54 Å². The number of benzene rings is 1. The van der Waals surface area contributed by atoms with Crippen LogP contribution >= 0.6 is 0 Å². The molecule has 0 fully saturated rings. The van der Waals surface area contributed by atoms with Crippen LogP contribution in [0, 0.1) is 6.92 Å². The summed E-state index contributed by atoms with van der Waals surface area (Å²) in [5.74, 6) is 0. The van der Waals surface area contributed by atoms with Gasteiger partial charge in [0.2, 0.25) is 0 Å². The Morgan fingerprint density at radius 3 is 2.40 bits per heavy atom. The predicted octanol–water partition coefficient (Wildman–Crippen LogP) is 3.31. The highest BCUT2D eigenvalue weighted by molar-refractivity contribution is 5.46. The van der Waals surface area contributed by atoms with E-state index in [9.17, 15) is 0 Å². The average Bonchev–Trinajstić information content (AvgIpc) is 2.45. The van der Waals surface area contributed by atoms with Gasteiger partial charge in [-0.2, -0.15) is 0 Å². The molecular weight excluding hydrogens is 246 g/mol. The number of aryl methyl sites for hydroxylation is 1. The molecule has 2 aromatic rings. The molecule has 1 aromatic heterocycles. The fourth-order valence-electron chi connectivity index (χ4n) is 2.13. The van der Waals surface area contributed by atoms with Crippen molar-refractivity contribution < 1.29 is 0 Å². The third kappa shape index (κ3) is 3.81. The standard InChI is InChI=1S/C17H23N3/c1-13-6-5-7-16(19-13)12-18-14(2)15-8-10-17(11-9-15)20(3)4/h5-11,14,18H,12H2,1-4H3. The first-order chi connectivity index (χ1) is 9.56. The van der Waals surface area contributed by atoms with Gasteiger partial charge in [0.1, 0.15) is 0 Å². The summed E-state index contributed by atoms with van der Waals surface area (Å²) >= 11 is 0. The van der Waals surface area contributed by atoms with Gasteiger partial charge in [-0.15, -0.1) is 0 Å². The van der Waals surface area contributed by atoms with Crippen LogP contribution in [0.5, 0.6) is 0 Å². The molecule has 0 bridgehead atoms. The van der Waals surface area contributed by atoms with E-state index in [4.69, 9.17) is 0 Å². The van der Waals surface area contributed by atoms with Crippen LogP contribution in [0.4, 0.5) is 5.69 Å². The number of hydrogen-bond acceptors (Lipinski definition) is 3. The molecule has 1 heterocycles. The minimum absolute atomic E-state index is 0.313. The number of pyridine rings is 1. The van der Waals surface area contributed by atoms with Crippen molar-refractivity contribution in [2.45, 2.75) is 26.4 Å². The number of nitrogens with zero attached hydrogens (tertiary/aromatic N) is 2. The Kier molecular flexibility index (Phi) is 4.74. The van der Waals surface area contributed by atoms with Gasteiger partial charge in [0.15, 0.2) is 0 Å². The third-order valence-electron chi connectivity index (χ3n) is 3.44. The van der Waals surface area contributed by atoms with E-state index < -0.39 is 0 Å². The van der Waals surface area contributed by atoms with Crippen LogP contribution in [0.3, 0.4) is 0 Å². The molecule has 3 heteroatoms. The van der Waals surface area contributed by atoms with Crippen LogP contribution in [0.2, 0.25) is 0 Å². The van der Waals surface area contributed by atoms with Gasteiger partial charge in [-0.25, -0.2) is 0 Å². The predicted molar refractivity (Wildman–Crippen MR) is 85.0 cm³/mol. The number of aromatic nitrogens is 1. The number of hydrogen-bond donors (Lipinski definition) is 1. The minimum Gasteiger partial charge on any atom is -0.378 e. The van der Waals surface area contributed by atoms with E-state index in [1.165, 1.54) is 11.3 Å². The molecule has 1 atom stereocenters. The largest absolute Gasteiger partial charge is 0.378 e. The lowest BCUT2D eigenvalue weighted by Crippen LogP contribution is -2.19. The first kappa shape index (κ1) is 14.5. The summed E-state index contributed by atoms with van der Waals surface area (Å²) in [6, 6.07) is 15.1. The fraction of sp³-hybridized carbons (Fsp3) is 0.353. The third-order valence-corrected chi connectivity index (χ3v) is 3.44. The monoisotopic (exact) mass is 269 g/mol. The van der Waals surface area contributed by atoms with Crippen molar-refractivity contribution in [1.29, 1.82) is 0 Å². The Morgan fingerprint density at radius 2 is 1.80 bits per heavy atom. The second-order valence-electron chi connectivity index (χ2n) is 5.36. The van der Waals surface area contributed by atoms with Gasteiger partial charge in [0.25, 0.3) is 0 Å². The summed E-state index contributed by atoms with van der Waals surface area (Å²) in [5, 5.41) is 3.51. The van der Waals surface area contributed by atoms with Crippen molar-refractivity contribution in [3.05, 3.63) is 59.4 Å². The molecule has 106 valence electrons. The Morgan fingerprint density at radius 1 is 1.10 bits per heavy atom. The van der Waals surface area contributed by atoms with Crippen LogP contribution in [-0.4, -0.2) is 19.1 Å². The summed E-state index contributed by atoms with van der Waals surface area (Å²) in [5.41, 5.74) is 4.67. The highest BCUT2D eigenvalue weighted by Gasteiger charge is 2.06. The van der Waals surface area contributed by atoms with E-state index in [0.717, 1.165) is 17.9 Å². The fourth-order valence-corrected chi connectivity index (χ4v) is 2.13. The maximum absolute atomic E-state index is 4.51. The highest BCUT2D eigenvalue weighted by atomic mass is 15.1. The molecule has 20 heavy (non-hydrogen) atoms. The molecule has 0 aliphatic rings. The van der Waals surface area contributed by atoms with Crippen LogP contribution in [0.25, 0.3) is 0 Å². The number of rotatable bonds is 5. The van der Waals surface area contributed by atoms with Crippen LogP contribution in [0.1, 0.15) is 29.9 Å².